The number of amides is 1. The Hall–Kier alpha value is -2.18. The quantitative estimate of drug-likeness (QED) is 0.793. The number of primary amides is 1. The van der Waals surface area contributed by atoms with Crippen molar-refractivity contribution in [3.8, 4) is 0 Å². The van der Waals surface area contributed by atoms with Crippen molar-refractivity contribution in [3.63, 3.8) is 0 Å². The van der Waals surface area contributed by atoms with Gasteiger partial charge in [-0.05, 0) is 12.6 Å². The van der Waals surface area contributed by atoms with E-state index in [4.69, 9.17) is 11.5 Å². The first kappa shape index (κ1) is 15.2. The molecule has 0 saturated carbocycles. The summed E-state index contributed by atoms with van der Waals surface area (Å²) < 4.78 is 1.93. The summed E-state index contributed by atoms with van der Waals surface area (Å²) in [7, 11) is 3.82. The molecule has 21 heavy (non-hydrogen) atoms. The summed E-state index contributed by atoms with van der Waals surface area (Å²) in [4.78, 5) is 18.1. The van der Waals surface area contributed by atoms with Gasteiger partial charge in [0.15, 0.2) is 0 Å². The second kappa shape index (κ2) is 6.07. The van der Waals surface area contributed by atoms with Gasteiger partial charge in [-0.3, -0.25) is 9.69 Å². The van der Waals surface area contributed by atoms with E-state index in [1.807, 2.05) is 60.1 Å². The Labute approximate surface area is 124 Å². The Morgan fingerprint density at radius 2 is 2.05 bits per heavy atom. The first-order valence-corrected chi connectivity index (χ1v) is 6.72. The molecule has 1 aromatic carbocycles. The number of rotatable bonds is 6. The molecule has 1 amide bonds. The van der Waals surface area contributed by atoms with E-state index in [9.17, 15) is 4.79 Å². The van der Waals surface area contributed by atoms with Gasteiger partial charge in [0.2, 0.25) is 5.91 Å². The third kappa shape index (κ3) is 3.29. The molecule has 1 aromatic heterocycles. The molecule has 0 radical (unpaired) electrons. The molecule has 0 aliphatic heterocycles. The molecule has 0 aliphatic rings. The number of aryl methyl sites for hydroxylation is 1. The molecule has 0 fully saturated rings. The molecule has 0 aliphatic carbocycles. The zero-order chi connectivity index (χ0) is 15.5. The Bertz CT molecular complexity index is 610. The fourth-order valence-electron chi connectivity index (χ4n) is 2.32. The second-order valence-corrected chi connectivity index (χ2v) is 5.33. The van der Waals surface area contributed by atoms with Gasteiger partial charge >= 0.3 is 0 Å². The van der Waals surface area contributed by atoms with Crippen molar-refractivity contribution in [2.24, 2.45) is 18.5 Å². The lowest BCUT2D eigenvalue weighted by Gasteiger charge is -2.31. The zero-order valence-electron chi connectivity index (χ0n) is 12.4. The Morgan fingerprint density at radius 3 is 2.57 bits per heavy atom. The number of hydrogen-bond donors (Lipinski definition) is 2. The van der Waals surface area contributed by atoms with E-state index in [0.29, 0.717) is 18.7 Å². The molecule has 2 rings (SSSR count). The number of aromatic nitrogens is 2. The molecule has 0 spiro atoms. The fraction of sp³-hybridized carbons (Fsp3) is 0.333. The van der Waals surface area contributed by atoms with Crippen LogP contribution in [0.1, 0.15) is 11.4 Å². The maximum absolute atomic E-state index is 11.9. The van der Waals surface area contributed by atoms with Crippen molar-refractivity contribution in [3.05, 3.63) is 54.1 Å². The first-order valence-electron chi connectivity index (χ1n) is 6.72. The summed E-state index contributed by atoms with van der Waals surface area (Å²) in [5.41, 5.74) is 11.3. The molecule has 6 nitrogen and oxygen atoms in total. The van der Waals surface area contributed by atoms with Crippen molar-refractivity contribution < 1.29 is 4.79 Å². The van der Waals surface area contributed by atoms with Gasteiger partial charge in [-0.25, -0.2) is 4.98 Å². The minimum absolute atomic E-state index is 0.319. The summed E-state index contributed by atoms with van der Waals surface area (Å²) in [6.07, 6.45) is 3.62. The number of nitrogens with zero attached hydrogens (tertiary/aromatic N) is 3. The van der Waals surface area contributed by atoms with Gasteiger partial charge in [-0.1, -0.05) is 30.3 Å². The maximum atomic E-state index is 11.9. The highest BCUT2D eigenvalue weighted by Gasteiger charge is 2.35. The molecular formula is C15H21N5O. The summed E-state index contributed by atoms with van der Waals surface area (Å²) >= 11 is 0. The van der Waals surface area contributed by atoms with Crippen LogP contribution in [0.4, 0.5) is 0 Å². The SMILES string of the molecule is CN(Cc1nccn1C)CC(N)(C(N)=O)c1ccccc1. The molecule has 1 heterocycles. The normalized spacial score (nSPS) is 14.1. The molecule has 112 valence electrons. The third-order valence-electron chi connectivity index (χ3n) is 3.58. The molecule has 0 saturated heterocycles. The van der Waals surface area contributed by atoms with E-state index in [0.717, 1.165) is 5.82 Å². The number of likely N-dealkylation sites (N-methyl/N-ethyl adjacent to an activating group) is 1. The minimum Gasteiger partial charge on any atom is -0.368 e. The number of imidazole rings is 1. The average molecular weight is 287 g/mol. The standard InChI is InChI=1S/C15H21N5O/c1-19(10-13-18-8-9-20(13)2)11-15(17,14(16)21)12-6-4-3-5-7-12/h3-9H,10-11,17H2,1-2H3,(H2,16,21). The lowest BCUT2D eigenvalue weighted by atomic mass is 9.89. The number of hydrogen-bond acceptors (Lipinski definition) is 4. The van der Waals surface area contributed by atoms with E-state index in [1.54, 1.807) is 6.20 Å². The maximum Gasteiger partial charge on any atom is 0.243 e. The van der Waals surface area contributed by atoms with Crippen LogP contribution in [0.2, 0.25) is 0 Å². The molecule has 2 aromatic rings. The van der Waals surface area contributed by atoms with Gasteiger partial charge in [0.25, 0.3) is 0 Å². The van der Waals surface area contributed by atoms with Crippen LogP contribution in [-0.2, 0) is 23.9 Å². The molecular weight excluding hydrogens is 266 g/mol. The van der Waals surface area contributed by atoms with Crippen molar-refractivity contribution in [1.82, 2.24) is 14.5 Å². The number of carbonyl (C=O) groups excluding carboxylic acids is 1. The smallest absolute Gasteiger partial charge is 0.243 e. The van der Waals surface area contributed by atoms with E-state index in [2.05, 4.69) is 4.98 Å². The molecule has 4 N–H and O–H groups in total. The Balaban J connectivity index is 2.17. The van der Waals surface area contributed by atoms with E-state index < -0.39 is 11.4 Å². The van der Waals surface area contributed by atoms with Gasteiger partial charge in [-0.2, -0.15) is 0 Å². The van der Waals surface area contributed by atoms with Crippen LogP contribution in [0.25, 0.3) is 0 Å². The predicted octanol–water partition coefficient (Wildman–Crippen LogP) is 0.191. The molecule has 0 bridgehead atoms. The predicted molar refractivity (Wildman–Crippen MR) is 81.0 cm³/mol. The summed E-state index contributed by atoms with van der Waals surface area (Å²) in [6, 6.07) is 9.21. The average Bonchev–Trinajstić information content (AvgIpc) is 2.84. The van der Waals surface area contributed by atoms with E-state index in [-0.39, 0.29) is 0 Å². The first-order chi connectivity index (χ1) is 9.93. The lowest BCUT2D eigenvalue weighted by Crippen LogP contribution is -2.55. The van der Waals surface area contributed by atoms with Crippen LogP contribution in [0.3, 0.4) is 0 Å². The van der Waals surface area contributed by atoms with Gasteiger partial charge in [0.1, 0.15) is 11.4 Å². The summed E-state index contributed by atoms with van der Waals surface area (Å²) in [5.74, 6) is 0.359. The highest BCUT2D eigenvalue weighted by molar-refractivity contribution is 5.86. The van der Waals surface area contributed by atoms with Gasteiger partial charge in [0, 0.05) is 26.0 Å². The lowest BCUT2D eigenvalue weighted by molar-refractivity contribution is -0.124. The molecule has 6 heteroatoms. The number of nitrogens with two attached hydrogens (primary N) is 2. The highest BCUT2D eigenvalue weighted by atomic mass is 16.1. The van der Waals surface area contributed by atoms with E-state index in [1.165, 1.54) is 0 Å². The van der Waals surface area contributed by atoms with E-state index >= 15 is 0 Å². The van der Waals surface area contributed by atoms with Crippen LogP contribution >= 0.6 is 0 Å². The fourth-order valence-corrected chi connectivity index (χ4v) is 2.32. The Morgan fingerprint density at radius 1 is 1.38 bits per heavy atom. The van der Waals surface area contributed by atoms with Crippen molar-refractivity contribution in [2.75, 3.05) is 13.6 Å². The van der Waals surface area contributed by atoms with Crippen LogP contribution in [-0.4, -0.2) is 34.0 Å². The zero-order valence-corrected chi connectivity index (χ0v) is 12.4. The largest absolute Gasteiger partial charge is 0.368 e. The third-order valence-corrected chi connectivity index (χ3v) is 3.58. The molecule has 1 atom stereocenters. The van der Waals surface area contributed by atoms with Crippen LogP contribution in [0.15, 0.2) is 42.7 Å². The number of benzene rings is 1. The van der Waals surface area contributed by atoms with Crippen LogP contribution < -0.4 is 11.5 Å². The summed E-state index contributed by atoms with van der Waals surface area (Å²) in [5, 5.41) is 0. The highest BCUT2D eigenvalue weighted by Crippen LogP contribution is 2.19. The van der Waals surface area contributed by atoms with Crippen molar-refractivity contribution in [2.45, 2.75) is 12.1 Å². The minimum atomic E-state index is -1.22. The number of carbonyl (C=O) groups is 1. The second-order valence-electron chi connectivity index (χ2n) is 5.33. The monoisotopic (exact) mass is 287 g/mol. The topological polar surface area (TPSA) is 90.2 Å². The van der Waals surface area contributed by atoms with Gasteiger partial charge in [0.05, 0.1) is 6.54 Å². The summed E-state index contributed by atoms with van der Waals surface area (Å²) in [6.45, 7) is 0.905. The van der Waals surface area contributed by atoms with Gasteiger partial charge in [-0.15, -0.1) is 0 Å². The van der Waals surface area contributed by atoms with Crippen molar-refractivity contribution >= 4 is 5.91 Å². The van der Waals surface area contributed by atoms with Gasteiger partial charge < -0.3 is 16.0 Å². The molecule has 1 unspecified atom stereocenters. The van der Waals surface area contributed by atoms with Crippen LogP contribution in [0.5, 0.6) is 0 Å². The Kier molecular flexibility index (Phi) is 4.40. The van der Waals surface area contributed by atoms with Crippen LogP contribution in [0, 0.1) is 0 Å². The van der Waals surface area contributed by atoms with Crippen molar-refractivity contribution in [1.29, 1.82) is 0 Å².